The highest BCUT2D eigenvalue weighted by molar-refractivity contribution is 6.31. The number of nitrogens with zero attached hydrogens (tertiary/aromatic N) is 1. The number of benzene rings is 1. The molecule has 0 radical (unpaired) electrons. The topological polar surface area (TPSA) is 49.4 Å². The van der Waals surface area contributed by atoms with E-state index in [1.165, 1.54) is 17.0 Å². The van der Waals surface area contributed by atoms with Gasteiger partial charge in [-0.3, -0.25) is 9.59 Å². The molecule has 102 valence electrons. The van der Waals surface area contributed by atoms with Crippen LogP contribution in [0.1, 0.15) is 19.8 Å². The number of carbonyl (C=O) groups excluding carboxylic acids is 2. The van der Waals surface area contributed by atoms with E-state index in [9.17, 15) is 14.0 Å². The van der Waals surface area contributed by atoms with Crippen molar-refractivity contribution < 1.29 is 14.0 Å². The minimum Gasteiger partial charge on any atom is -0.344 e. The molecule has 4 nitrogen and oxygen atoms in total. The SMILES string of the molecule is CCC1NC(=O)CCN(c2cccc(Cl)c2F)C1=O. The zero-order valence-corrected chi connectivity index (χ0v) is 11.2. The molecule has 0 bridgehead atoms. The molecule has 19 heavy (non-hydrogen) atoms. The lowest BCUT2D eigenvalue weighted by Crippen LogP contribution is -2.44. The molecule has 0 aliphatic carbocycles. The maximum atomic E-state index is 14.0. The van der Waals surface area contributed by atoms with Crippen molar-refractivity contribution in [3.63, 3.8) is 0 Å². The van der Waals surface area contributed by atoms with Crippen LogP contribution in [0.5, 0.6) is 0 Å². The molecule has 1 aromatic rings. The second-order valence-corrected chi connectivity index (χ2v) is 4.75. The molecule has 1 aliphatic rings. The number of halogens is 2. The summed E-state index contributed by atoms with van der Waals surface area (Å²) in [6.07, 6.45) is 0.609. The summed E-state index contributed by atoms with van der Waals surface area (Å²) in [6.45, 7) is 1.94. The molecule has 0 saturated carbocycles. The van der Waals surface area contributed by atoms with Crippen LogP contribution in [0.25, 0.3) is 0 Å². The summed E-state index contributed by atoms with van der Waals surface area (Å²) in [5.41, 5.74) is 0.118. The van der Waals surface area contributed by atoms with Gasteiger partial charge in [0.15, 0.2) is 5.82 Å². The largest absolute Gasteiger partial charge is 0.344 e. The Bertz CT molecular complexity index is 521. The first-order valence-corrected chi connectivity index (χ1v) is 6.47. The second-order valence-electron chi connectivity index (χ2n) is 4.34. The van der Waals surface area contributed by atoms with Gasteiger partial charge in [0.2, 0.25) is 11.8 Å². The Morgan fingerprint density at radius 1 is 1.47 bits per heavy atom. The predicted molar refractivity (Wildman–Crippen MR) is 70.6 cm³/mol. The maximum absolute atomic E-state index is 14.0. The Morgan fingerprint density at radius 2 is 2.21 bits per heavy atom. The van der Waals surface area contributed by atoms with E-state index in [1.54, 1.807) is 13.0 Å². The van der Waals surface area contributed by atoms with Crippen LogP contribution in [0.4, 0.5) is 10.1 Å². The summed E-state index contributed by atoms with van der Waals surface area (Å²) in [6, 6.07) is 3.87. The molecule has 1 heterocycles. The molecule has 1 fully saturated rings. The van der Waals surface area contributed by atoms with Crippen molar-refractivity contribution in [3.8, 4) is 0 Å². The average molecular weight is 285 g/mol. The number of amides is 2. The van der Waals surface area contributed by atoms with Crippen molar-refractivity contribution in [1.29, 1.82) is 0 Å². The van der Waals surface area contributed by atoms with Crippen LogP contribution in [-0.2, 0) is 9.59 Å². The van der Waals surface area contributed by atoms with Gasteiger partial charge in [-0.1, -0.05) is 24.6 Å². The molecule has 1 atom stereocenters. The van der Waals surface area contributed by atoms with Crippen LogP contribution < -0.4 is 10.2 Å². The molecule has 1 aromatic carbocycles. The van der Waals surface area contributed by atoms with Crippen LogP contribution in [0.3, 0.4) is 0 Å². The van der Waals surface area contributed by atoms with Crippen LogP contribution in [0, 0.1) is 5.82 Å². The first-order chi connectivity index (χ1) is 9.04. The summed E-state index contributed by atoms with van der Waals surface area (Å²) in [5, 5.41) is 2.59. The van der Waals surface area contributed by atoms with Crippen molar-refractivity contribution in [2.24, 2.45) is 0 Å². The molecule has 0 aromatic heterocycles. The third kappa shape index (κ3) is 2.71. The summed E-state index contributed by atoms with van der Waals surface area (Å²) in [7, 11) is 0. The molecule has 1 N–H and O–H groups in total. The Kier molecular flexibility index (Phi) is 4.04. The third-order valence-corrected chi connectivity index (χ3v) is 3.38. The van der Waals surface area contributed by atoms with Crippen molar-refractivity contribution in [1.82, 2.24) is 5.32 Å². The number of nitrogens with one attached hydrogen (secondary N) is 1. The number of hydrogen-bond acceptors (Lipinski definition) is 2. The van der Waals surface area contributed by atoms with Crippen LogP contribution >= 0.6 is 11.6 Å². The molecule has 1 saturated heterocycles. The molecule has 1 aliphatic heterocycles. The van der Waals surface area contributed by atoms with Gasteiger partial charge >= 0.3 is 0 Å². The normalized spacial score (nSPS) is 20.2. The summed E-state index contributed by atoms with van der Waals surface area (Å²) < 4.78 is 14.0. The standard InChI is InChI=1S/C13H14ClFN2O2/c1-2-9-13(19)17(7-6-11(18)16-9)10-5-3-4-8(14)12(10)15/h3-5,9H,2,6-7H2,1H3,(H,16,18). The van der Waals surface area contributed by atoms with Gasteiger partial charge in [-0.15, -0.1) is 0 Å². The van der Waals surface area contributed by atoms with Gasteiger partial charge in [-0.05, 0) is 18.6 Å². The van der Waals surface area contributed by atoms with Gasteiger partial charge in [-0.25, -0.2) is 4.39 Å². The first-order valence-electron chi connectivity index (χ1n) is 6.09. The van der Waals surface area contributed by atoms with E-state index >= 15 is 0 Å². The number of anilines is 1. The Labute approximate surface area is 115 Å². The lowest BCUT2D eigenvalue weighted by molar-refractivity contribution is -0.125. The maximum Gasteiger partial charge on any atom is 0.249 e. The van der Waals surface area contributed by atoms with E-state index in [4.69, 9.17) is 11.6 Å². The van der Waals surface area contributed by atoms with Crippen molar-refractivity contribution in [2.45, 2.75) is 25.8 Å². The number of hydrogen-bond donors (Lipinski definition) is 1. The summed E-state index contributed by atoms with van der Waals surface area (Å²) in [4.78, 5) is 25.1. The van der Waals surface area contributed by atoms with Crippen LogP contribution in [0.15, 0.2) is 18.2 Å². The lowest BCUT2D eigenvalue weighted by Gasteiger charge is -2.24. The quantitative estimate of drug-likeness (QED) is 0.904. The third-order valence-electron chi connectivity index (χ3n) is 3.09. The summed E-state index contributed by atoms with van der Waals surface area (Å²) >= 11 is 5.72. The predicted octanol–water partition coefficient (Wildman–Crippen LogP) is 2.11. The van der Waals surface area contributed by atoms with Crippen LogP contribution in [-0.4, -0.2) is 24.4 Å². The minimum absolute atomic E-state index is 0.0399. The van der Waals surface area contributed by atoms with Gasteiger partial charge in [0.05, 0.1) is 10.7 Å². The first kappa shape index (κ1) is 13.8. The van der Waals surface area contributed by atoms with E-state index in [2.05, 4.69) is 5.32 Å². The molecular formula is C13H14ClFN2O2. The Balaban J connectivity index is 2.39. The highest BCUT2D eigenvalue weighted by Gasteiger charge is 2.31. The molecule has 0 spiro atoms. The molecule has 6 heteroatoms. The van der Waals surface area contributed by atoms with E-state index in [0.717, 1.165) is 0 Å². The Morgan fingerprint density at radius 3 is 2.89 bits per heavy atom. The molecule has 1 unspecified atom stereocenters. The van der Waals surface area contributed by atoms with Gasteiger partial charge in [0, 0.05) is 13.0 Å². The van der Waals surface area contributed by atoms with Gasteiger partial charge < -0.3 is 10.2 Å². The van der Waals surface area contributed by atoms with Crippen molar-refractivity contribution >= 4 is 29.1 Å². The fourth-order valence-electron chi connectivity index (χ4n) is 2.06. The highest BCUT2D eigenvalue weighted by atomic mass is 35.5. The fraction of sp³-hybridized carbons (Fsp3) is 0.385. The smallest absolute Gasteiger partial charge is 0.249 e. The van der Waals surface area contributed by atoms with E-state index in [-0.39, 0.29) is 35.5 Å². The van der Waals surface area contributed by atoms with E-state index < -0.39 is 11.9 Å². The monoisotopic (exact) mass is 284 g/mol. The van der Waals surface area contributed by atoms with E-state index in [1.807, 2.05) is 0 Å². The second kappa shape index (κ2) is 5.57. The fourth-order valence-corrected chi connectivity index (χ4v) is 2.23. The van der Waals surface area contributed by atoms with Gasteiger partial charge in [0.25, 0.3) is 0 Å². The minimum atomic E-state index is -0.637. The van der Waals surface area contributed by atoms with Crippen molar-refractivity contribution in [3.05, 3.63) is 29.0 Å². The zero-order valence-electron chi connectivity index (χ0n) is 10.5. The van der Waals surface area contributed by atoms with E-state index in [0.29, 0.717) is 6.42 Å². The number of carbonyl (C=O) groups is 2. The van der Waals surface area contributed by atoms with Gasteiger partial charge in [0.1, 0.15) is 6.04 Å². The van der Waals surface area contributed by atoms with Gasteiger partial charge in [-0.2, -0.15) is 0 Å². The zero-order chi connectivity index (χ0) is 14.0. The summed E-state index contributed by atoms with van der Waals surface area (Å²) in [5.74, 6) is -1.15. The highest BCUT2D eigenvalue weighted by Crippen LogP contribution is 2.27. The average Bonchev–Trinajstić information content (AvgIpc) is 2.53. The lowest BCUT2D eigenvalue weighted by atomic mass is 10.2. The van der Waals surface area contributed by atoms with Crippen LogP contribution in [0.2, 0.25) is 5.02 Å². The molecule has 2 amide bonds. The Hall–Kier alpha value is -1.62. The molecule has 2 rings (SSSR count). The van der Waals surface area contributed by atoms with Crippen molar-refractivity contribution in [2.75, 3.05) is 11.4 Å². The number of rotatable bonds is 2. The molecular weight excluding hydrogens is 271 g/mol.